The minimum absolute atomic E-state index is 0. The predicted octanol–water partition coefficient (Wildman–Crippen LogP) is -3.81. The molecule has 0 bridgehead atoms. The van der Waals surface area contributed by atoms with Crippen molar-refractivity contribution in [2.45, 2.75) is 6.92 Å². The van der Waals surface area contributed by atoms with Crippen LogP contribution < -0.4 is 41.2 Å². The summed E-state index contributed by atoms with van der Waals surface area (Å²) in [6.45, 7) is 1.63. The van der Waals surface area contributed by atoms with Crippen molar-refractivity contribution >= 4 is 10.1 Å². The quantitative estimate of drug-likeness (QED) is 0.351. The average molecular weight is 190 g/mol. The van der Waals surface area contributed by atoms with Gasteiger partial charge in [-0.3, -0.25) is 0 Å². The maximum Gasteiger partial charge on any atom is 1.00 e. The molecule has 0 spiro atoms. The van der Waals surface area contributed by atoms with Crippen LogP contribution in [0.1, 0.15) is 8.35 Å². The SMILES string of the molecule is CC=C(N)CS(=O)(=O)ON.[H-].[Na+]. The van der Waals surface area contributed by atoms with Crippen LogP contribution in [0.2, 0.25) is 0 Å². The van der Waals surface area contributed by atoms with E-state index in [-0.39, 0.29) is 42.4 Å². The van der Waals surface area contributed by atoms with E-state index in [0.717, 1.165) is 0 Å². The summed E-state index contributed by atoms with van der Waals surface area (Å²) in [5.41, 5.74) is 5.39. The molecule has 0 amide bonds. The second-order valence-corrected chi connectivity index (χ2v) is 3.26. The van der Waals surface area contributed by atoms with Crippen LogP contribution in [0.25, 0.3) is 0 Å². The van der Waals surface area contributed by atoms with E-state index in [1.807, 2.05) is 0 Å². The Morgan fingerprint density at radius 1 is 1.73 bits per heavy atom. The van der Waals surface area contributed by atoms with Crippen LogP contribution in [0.4, 0.5) is 0 Å². The van der Waals surface area contributed by atoms with Gasteiger partial charge in [0.05, 0.1) is 0 Å². The van der Waals surface area contributed by atoms with Crippen LogP contribution in [-0.4, -0.2) is 14.2 Å². The van der Waals surface area contributed by atoms with Crippen molar-refractivity contribution in [2.24, 2.45) is 11.6 Å². The van der Waals surface area contributed by atoms with Gasteiger partial charge in [-0.2, -0.15) is 18.6 Å². The van der Waals surface area contributed by atoms with Crippen LogP contribution in [0, 0.1) is 0 Å². The Balaban J connectivity index is -0.000000405. The average Bonchev–Trinajstić information content (AvgIpc) is 1.87. The Kier molecular flexibility index (Phi) is 7.60. The molecule has 0 unspecified atom stereocenters. The van der Waals surface area contributed by atoms with Gasteiger partial charge in [0.1, 0.15) is 5.75 Å². The van der Waals surface area contributed by atoms with Crippen molar-refractivity contribution in [3.05, 3.63) is 11.8 Å². The molecule has 4 N–H and O–H groups in total. The molecule has 0 fully saturated rings. The molecule has 5 nitrogen and oxygen atoms in total. The second-order valence-electron chi connectivity index (χ2n) is 1.66. The van der Waals surface area contributed by atoms with Gasteiger partial charge in [-0.05, 0) is 6.92 Å². The molecule has 0 aromatic heterocycles. The summed E-state index contributed by atoms with van der Waals surface area (Å²) in [5.74, 6) is 4.08. The zero-order chi connectivity index (χ0) is 8.20. The normalized spacial score (nSPS) is 12.4. The molecule has 0 radical (unpaired) electrons. The van der Waals surface area contributed by atoms with Gasteiger partial charge in [-0.1, -0.05) is 6.08 Å². The molecule has 62 valence electrons. The van der Waals surface area contributed by atoms with Crippen LogP contribution in [0.3, 0.4) is 0 Å². The van der Waals surface area contributed by atoms with Gasteiger partial charge < -0.3 is 7.16 Å². The van der Waals surface area contributed by atoms with Crippen molar-refractivity contribution < 1.29 is 43.7 Å². The number of hydrogen-bond acceptors (Lipinski definition) is 5. The summed E-state index contributed by atoms with van der Waals surface area (Å²) in [6.07, 6.45) is 1.47. The Labute approximate surface area is 89.6 Å². The number of rotatable bonds is 3. The third kappa shape index (κ3) is 6.79. The van der Waals surface area contributed by atoms with Gasteiger partial charge >= 0.3 is 29.6 Å². The van der Waals surface area contributed by atoms with Gasteiger partial charge in [0.25, 0.3) is 10.1 Å². The van der Waals surface area contributed by atoms with E-state index in [1.54, 1.807) is 6.92 Å². The van der Waals surface area contributed by atoms with Crippen molar-refractivity contribution in [3.8, 4) is 0 Å². The third-order valence-electron chi connectivity index (χ3n) is 0.861. The van der Waals surface area contributed by atoms with Crippen LogP contribution in [0.15, 0.2) is 11.8 Å². The fraction of sp³-hybridized carbons (Fsp3) is 0.500. The number of hydrogen-bond donors (Lipinski definition) is 2. The monoisotopic (exact) mass is 190 g/mol. The van der Waals surface area contributed by atoms with Gasteiger partial charge in [0.2, 0.25) is 0 Å². The summed E-state index contributed by atoms with van der Waals surface area (Å²) in [7, 11) is -3.65. The largest absolute Gasteiger partial charge is 1.00 e. The zero-order valence-corrected chi connectivity index (χ0v) is 9.39. The van der Waals surface area contributed by atoms with Gasteiger partial charge in [0, 0.05) is 5.70 Å². The minimum atomic E-state index is -3.65. The topological polar surface area (TPSA) is 95.4 Å². The first-order chi connectivity index (χ1) is 4.52. The molecular formula is C4H11N2NaO3S. The summed E-state index contributed by atoms with van der Waals surface area (Å²) in [5, 5.41) is 0. The number of allylic oxidation sites excluding steroid dienone is 1. The van der Waals surface area contributed by atoms with E-state index in [9.17, 15) is 8.42 Å². The van der Waals surface area contributed by atoms with Crippen LogP contribution >= 0.6 is 0 Å². The Hall–Kier alpha value is 0.410. The predicted molar refractivity (Wildman–Crippen MR) is 38.1 cm³/mol. The van der Waals surface area contributed by atoms with Gasteiger partial charge in [-0.25, -0.2) is 0 Å². The molecule has 0 aliphatic rings. The van der Waals surface area contributed by atoms with Crippen LogP contribution in [-0.2, 0) is 14.4 Å². The molecule has 0 saturated heterocycles. The Morgan fingerprint density at radius 2 is 2.18 bits per heavy atom. The summed E-state index contributed by atoms with van der Waals surface area (Å²) in [4.78, 5) is 0. The zero-order valence-electron chi connectivity index (χ0n) is 7.57. The van der Waals surface area contributed by atoms with Crippen molar-refractivity contribution in [3.63, 3.8) is 0 Å². The molecule has 0 saturated carbocycles. The first-order valence-electron chi connectivity index (χ1n) is 2.53. The number of nitrogens with two attached hydrogens (primary N) is 2. The van der Waals surface area contributed by atoms with E-state index in [0.29, 0.717) is 0 Å². The van der Waals surface area contributed by atoms with Crippen molar-refractivity contribution in [2.75, 3.05) is 5.75 Å². The fourth-order valence-electron chi connectivity index (χ4n) is 0.321. The van der Waals surface area contributed by atoms with E-state index < -0.39 is 10.1 Å². The molecule has 0 aliphatic heterocycles. The van der Waals surface area contributed by atoms with E-state index in [4.69, 9.17) is 5.73 Å². The Morgan fingerprint density at radius 3 is 2.45 bits per heavy atom. The molecule has 0 aliphatic carbocycles. The van der Waals surface area contributed by atoms with Crippen molar-refractivity contribution in [1.82, 2.24) is 0 Å². The van der Waals surface area contributed by atoms with Crippen molar-refractivity contribution in [1.29, 1.82) is 0 Å². The van der Waals surface area contributed by atoms with E-state index >= 15 is 0 Å². The molecule has 0 rings (SSSR count). The molecule has 0 heterocycles. The Bertz CT molecular complexity index is 228. The molecule has 11 heavy (non-hydrogen) atoms. The molecule has 0 aromatic carbocycles. The summed E-state index contributed by atoms with van der Waals surface area (Å²) < 4.78 is 24.7. The molecular weight excluding hydrogens is 179 g/mol. The molecule has 7 heteroatoms. The maximum atomic E-state index is 10.5. The standard InChI is InChI=1S/C4H10N2O3S.Na.H/c1-2-4(5)3-10(7,8)9-6;;/h2H,3,5-6H2,1H3;;/q;+1;-1. The second kappa shape index (κ2) is 5.99. The van der Waals surface area contributed by atoms with E-state index in [1.165, 1.54) is 6.08 Å². The smallest absolute Gasteiger partial charge is 1.00 e. The molecule has 0 atom stereocenters. The maximum absolute atomic E-state index is 10.5. The summed E-state index contributed by atoms with van der Waals surface area (Å²) >= 11 is 0. The van der Waals surface area contributed by atoms with Gasteiger partial charge in [-0.15, -0.1) is 0 Å². The van der Waals surface area contributed by atoms with Gasteiger partial charge in [0.15, 0.2) is 0 Å². The first-order valence-corrected chi connectivity index (χ1v) is 4.11. The summed E-state index contributed by atoms with van der Waals surface area (Å²) in [6, 6.07) is 0. The van der Waals surface area contributed by atoms with Crippen LogP contribution in [0.5, 0.6) is 0 Å². The first kappa shape index (κ1) is 14.0. The minimum Gasteiger partial charge on any atom is -1.00 e. The fourth-order valence-corrected chi connectivity index (χ4v) is 0.964. The molecule has 0 aromatic rings. The van der Waals surface area contributed by atoms with E-state index in [2.05, 4.69) is 10.2 Å². The third-order valence-corrected chi connectivity index (χ3v) is 1.84.